The fourth-order valence-electron chi connectivity index (χ4n) is 2.82. The smallest absolute Gasteiger partial charge is 0.307 e. The summed E-state index contributed by atoms with van der Waals surface area (Å²) in [5.74, 6) is -0.345. The van der Waals surface area contributed by atoms with Crippen molar-refractivity contribution in [2.24, 2.45) is 5.92 Å². The molecule has 7 heteroatoms. The summed E-state index contributed by atoms with van der Waals surface area (Å²) in [5, 5.41) is 2.77. The quantitative estimate of drug-likeness (QED) is 0.592. The Morgan fingerprint density at radius 2 is 1.92 bits per heavy atom. The second-order valence-electron chi connectivity index (χ2n) is 6.94. The zero-order valence-corrected chi connectivity index (χ0v) is 16.0. The number of nitrogens with zero attached hydrogens (tertiary/aromatic N) is 2. The minimum atomic E-state index is -0.637. The summed E-state index contributed by atoms with van der Waals surface area (Å²) in [7, 11) is 0. The number of piperazine rings is 1. The van der Waals surface area contributed by atoms with Crippen LogP contribution in [0.1, 0.15) is 47.0 Å². The van der Waals surface area contributed by atoms with Crippen molar-refractivity contribution >= 4 is 17.8 Å². The van der Waals surface area contributed by atoms with E-state index < -0.39 is 12.0 Å². The van der Waals surface area contributed by atoms with Gasteiger partial charge in [-0.1, -0.05) is 27.7 Å². The highest BCUT2D eigenvalue weighted by molar-refractivity contribution is 5.88. The van der Waals surface area contributed by atoms with Crippen molar-refractivity contribution in [3.63, 3.8) is 0 Å². The third-order valence-corrected chi connectivity index (χ3v) is 4.06. The number of ether oxygens (including phenoxy) is 1. The van der Waals surface area contributed by atoms with Crippen LogP contribution in [0.4, 0.5) is 0 Å². The van der Waals surface area contributed by atoms with Crippen LogP contribution in [-0.2, 0) is 19.1 Å². The first-order chi connectivity index (χ1) is 11.9. The van der Waals surface area contributed by atoms with Gasteiger partial charge in [-0.25, -0.2) is 0 Å². The third kappa shape index (κ3) is 7.42. The lowest BCUT2D eigenvalue weighted by atomic mass is 10.1. The Morgan fingerprint density at radius 1 is 1.28 bits per heavy atom. The number of hydrogen-bond donors (Lipinski definition) is 1. The molecular weight excluding hydrogens is 322 g/mol. The highest BCUT2D eigenvalue weighted by atomic mass is 16.5. The van der Waals surface area contributed by atoms with Crippen LogP contribution in [0, 0.1) is 5.92 Å². The molecular formula is C18H33N3O4. The monoisotopic (exact) mass is 355 g/mol. The van der Waals surface area contributed by atoms with E-state index in [1.54, 1.807) is 4.90 Å². The molecule has 2 amide bonds. The molecule has 1 atom stereocenters. The van der Waals surface area contributed by atoms with Crippen molar-refractivity contribution < 1.29 is 19.1 Å². The number of amides is 2. The maximum Gasteiger partial charge on any atom is 0.307 e. The van der Waals surface area contributed by atoms with E-state index in [2.05, 4.69) is 5.32 Å². The summed E-state index contributed by atoms with van der Waals surface area (Å²) >= 11 is 0. The number of carbonyl (C=O) groups is 3. The Kier molecular flexibility index (Phi) is 9.49. The van der Waals surface area contributed by atoms with Crippen molar-refractivity contribution in [3.05, 3.63) is 0 Å². The van der Waals surface area contributed by atoms with Crippen molar-refractivity contribution in [1.29, 1.82) is 0 Å². The SMILES string of the molecule is CCCN(CCC)C(=O)CN1CCNC(=O)C1CC(=O)OCC(C)C. The van der Waals surface area contributed by atoms with Gasteiger partial charge in [-0.2, -0.15) is 0 Å². The molecule has 144 valence electrons. The zero-order valence-electron chi connectivity index (χ0n) is 16.0. The molecule has 1 unspecified atom stereocenters. The molecule has 0 aromatic heterocycles. The van der Waals surface area contributed by atoms with Gasteiger partial charge in [-0.3, -0.25) is 19.3 Å². The summed E-state index contributed by atoms with van der Waals surface area (Å²) in [6.07, 6.45) is 1.78. The largest absolute Gasteiger partial charge is 0.465 e. The van der Waals surface area contributed by atoms with E-state index in [1.165, 1.54) is 0 Å². The second kappa shape index (κ2) is 11.1. The topological polar surface area (TPSA) is 79.0 Å². The van der Waals surface area contributed by atoms with E-state index in [0.717, 1.165) is 12.8 Å². The van der Waals surface area contributed by atoms with Crippen molar-refractivity contribution in [1.82, 2.24) is 15.1 Å². The van der Waals surface area contributed by atoms with Crippen LogP contribution >= 0.6 is 0 Å². The molecule has 25 heavy (non-hydrogen) atoms. The molecule has 1 saturated heterocycles. The van der Waals surface area contributed by atoms with Gasteiger partial charge in [-0.05, 0) is 18.8 Å². The van der Waals surface area contributed by atoms with E-state index in [-0.39, 0.29) is 30.7 Å². The van der Waals surface area contributed by atoms with E-state index in [4.69, 9.17) is 4.74 Å². The highest BCUT2D eigenvalue weighted by Crippen LogP contribution is 2.11. The molecule has 1 heterocycles. The van der Waals surface area contributed by atoms with Gasteiger partial charge in [0.25, 0.3) is 0 Å². The summed E-state index contributed by atoms with van der Waals surface area (Å²) in [4.78, 5) is 40.4. The minimum absolute atomic E-state index is 0.0129. The lowest BCUT2D eigenvalue weighted by molar-refractivity contribution is -0.150. The van der Waals surface area contributed by atoms with E-state index in [0.29, 0.717) is 32.8 Å². The first-order valence-electron chi connectivity index (χ1n) is 9.34. The number of hydrogen-bond acceptors (Lipinski definition) is 5. The highest BCUT2D eigenvalue weighted by Gasteiger charge is 2.33. The number of esters is 1. The molecule has 0 bridgehead atoms. The van der Waals surface area contributed by atoms with E-state index in [9.17, 15) is 14.4 Å². The van der Waals surface area contributed by atoms with Crippen molar-refractivity contribution in [2.45, 2.75) is 53.0 Å². The van der Waals surface area contributed by atoms with Crippen molar-refractivity contribution in [2.75, 3.05) is 39.3 Å². The molecule has 0 radical (unpaired) electrons. The molecule has 0 aromatic carbocycles. The van der Waals surface area contributed by atoms with E-state index in [1.807, 2.05) is 32.6 Å². The number of carbonyl (C=O) groups excluding carboxylic acids is 3. The van der Waals surface area contributed by atoms with Gasteiger partial charge in [0.2, 0.25) is 11.8 Å². The van der Waals surface area contributed by atoms with Crippen LogP contribution in [0.15, 0.2) is 0 Å². The van der Waals surface area contributed by atoms with Gasteiger partial charge in [0.1, 0.15) is 6.04 Å². The molecule has 1 rings (SSSR count). The zero-order chi connectivity index (χ0) is 18.8. The average Bonchev–Trinajstić information content (AvgIpc) is 2.55. The van der Waals surface area contributed by atoms with Gasteiger partial charge >= 0.3 is 5.97 Å². The fourth-order valence-corrected chi connectivity index (χ4v) is 2.82. The molecule has 1 N–H and O–H groups in total. The molecule has 1 aliphatic rings. The van der Waals surface area contributed by atoms with Crippen LogP contribution in [-0.4, -0.2) is 73.0 Å². The predicted molar refractivity (Wildman–Crippen MR) is 95.9 cm³/mol. The third-order valence-electron chi connectivity index (χ3n) is 4.06. The number of nitrogens with one attached hydrogen (secondary N) is 1. The van der Waals surface area contributed by atoms with Gasteiger partial charge in [0.15, 0.2) is 0 Å². The fraction of sp³-hybridized carbons (Fsp3) is 0.833. The number of rotatable bonds is 10. The standard InChI is InChI=1S/C18H33N3O4/c1-5-8-20(9-6-2)16(22)12-21-10-7-19-18(24)15(21)11-17(23)25-13-14(3)4/h14-15H,5-13H2,1-4H3,(H,19,24). The summed E-state index contributed by atoms with van der Waals surface area (Å²) in [5.41, 5.74) is 0. The van der Waals surface area contributed by atoms with Crippen LogP contribution in [0.2, 0.25) is 0 Å². The average molecular weight is 355 g/mol. The Bertz CT molecular complexity index is 448. The van der Waals surface area contributed by atoms with Crippen LogP contribution in [0.5, 0.6) is 0 Å². The van der Waals surface area contributed by atoms with E-state index >= 15 is 0 Å². The lowest BCUT2D eigenvalue weighted by Gasteiger charge is -2.35. The molecule has 1 aliphatic heterocycles. The predicted octanol–water partition coefficient (Wildman–Crippen LogP) is 1.02. The Morgan fingerprint density at radius 3 is 2.48 bits per heavy atom. The Balaban J connectivity index is 2.68. The van der Waals surface area contributed by atoms with Crippen LogP contribution in [0.3, 0.4) is 0 Å². The summed E-state index contributed by atoms with van der Waals surface area (Å²) in [6, 6.07) is -0.637. The molecule has 7 nitrogen and oxygen atoms in total. The lowest BCUT2D eigenvalue weighted by Crippen LogP contribution is -2.58. The molecule has 1 fully saturated rings. The first-order valence-corrected chi connectivity index (χ1v) is 9.34. The molecule has 0 spiro atoms. The van der Waals surface area contributed by atoms with Gasteiger partial charge in [0.05, 0.1) is 19.6 Å². The van der Waals surface area contributed by atoms with Crippen molar-refractivity contribution in [3.8, 4) is 0 Å². The van der Waals surface area contributed by atoms with Gasteiger partial charge < -0.3 is 15.0 Å². The van der Waals surface area contributed by atoms with Gasteiger partial charge in [0, 0.05) is 26.2 Å². The van der Waals surface area contributed by atoms with Gasteiger partial charge in [-0.15, -0.1) is 0 Å². The maximum atomic E-state index is 12.6. The molecule has 0 saturated carbocycles. The Labute approximate surface area is 151 Å². The summed E-state index contributed by atoms with van der Waals surface area (Å²) < 4.78 is 5.19. The first kappa shape index (κ1) is 21.4. The molecule has 0 aliphatic carbocycles. The Hall–Kier alpha value is -1.63. The second-order valence-corrected chi connectivity index (χ2v) is 6.94. The van der Waals surface area contributed by atoms with Crippen LogP contribution < -0.4 is 5.32 Å². The summed E-state index contributed by atoms with van der Waals surface area (Å²) in [6.45, 7) is 11.0. The minimum Gasteiger partial charge on any atom is -0.465 e. The maximum absolute atomic E-state index is 12.6. The van der Waals surface area contributed by atoms with Crippen LogP contribution in [0.25, 0.3) is 0 Å². The normalized spacial score (nSPS) is 18.1. The molecule has 0 aromatic rings.